The monoisotopic (exact) mass is 446 g/mol. The van der Waals surface area contributed by atoms with Crippen molar-refractivity contribution in [2.75, 3.05) is 51.5 Å². The van der Waals surface area contributed by atoms with Crippen molar-refractivity contribution in [1.29, 1.82) is 0 Å². The van der Waals surface area contributed by atoms with Crippen LogP contribution in [0.15, 0.2) is 34.1 Å². The number of thiocarbonyl (C=S) groups is 1. The summed E-state index contributed by atoms with van der Waals surface area (Å²) in [6.45, 7) is 3.44. The summed E-state index contributed by atoms with van der Waals surface area (Å²) in [7, 11) is 1.62. The van der Waals surface area contributed by atoms with Crippen LogP contribution in [0.5, 0.6) is 0 Å². The van der Waals surface area contributed by atoms with E-state index in [4.69, 9.17) is 26.7 Å². The molecule has 2 aromatic rings. The van der Waals surface area contributed by atoms with Gasteiger partial charge in [0.15, 0.2) is 0 Å². The van der Waals surface area contributed by atoms with E-state index >= 15 is 0 Å². The number of nitrogens with zero attached hydrogens (tertiary/aromatic N) is 4. The molecule has 0 aliphatic carbocycles. The number of hydrogen-bond acceptors (Lipinski definition) is 8. The van der Waals surface area contributed by atoms with E-state index < -0.39 is 0 Å². The Morgan fingerprint density at radius 1 is 1.30 bits per heavy atom. The molecule has 2 aliphatic rings. The van der Waals surface area contributed by atoms with Gasteiger partial charge in [-0.2, -0.15) is 0 Å². The van der Waals surface area contributed by atoms with Crippen LogP contribution in [0, 0.1) is 0 Å². The Morgan fingerprint density at radius 3 is 2.87 bits per heavy atom. The third-order valence-corrected chi connectivity index (χ3v) is 6.32. The highest BCUT2D eigenvalue weighted by atomic mass is 32.2. The lowest BCUT2D eigenvalue weighted by Gasteiger charge is -2.29. The Morgan fingerprint density at radius 2 is 2.10 bits per heavy atom. The molecule has 10 heteroatoms. The van der Waals surface area contributed by atoms with Crippen LogP contribution in [0.25, 0.3) is 11.7 Å². The fourth-order valence-electron chi connectivity index (χ4n) is 3.42. The first-order valence-electron chi connectivity index (χ1n) is 9.68. The summed E-state index contributed by atoms with van der Waals surface area (Å²) >= 11 is 6.60. The number of amides is 1. The Labute approximate surface area is 183 Å². The Balaban J connectivity index is 1.76. The second-order valence-corrected chi connectivity index (χ2v) is 8.54. The predicted octanol–water partition coefficient (Wildman–Crippen LogP) is 1.77. The summed E-state index contributed by atoms with van der Waals surface area (Å²) in [5.74, 6) is 0.380. The van der Waals surface area contributed by atoms with Gasteiger partial charge in [0, 0.05) is 39.5 Å². The average molecular weight is 447 g/mol. The topological polar surface area (TPSA) is 76.4 Å². The van der Waals surface area contributed by atoms with Gasteiger partial charge in [0.25, 0.3) is 11.5 Å². The summed E-state index contributed by atoms with van der Waals surface area (Å²) in [4.78, 5) is 35.0. The van der Waals surface area contributed by atoms with Gasteiger partial charge in [-0.05, 0) is 24.6 Å². The summed E-state index contributed by atoms with van der Waals surface area (Å²) in [6, 6.07) is 5.42. The third kappa shape index (κ3) is 4.13. The first-order valence-corrected chi connectivity index (χ1v) is 10.9. The zero-order chi connectivity index (χ0) is 21.1. The minimum absolute atomic E-state index is 0.188. The number of hydrogen-bond donors (Lipinski definition) is 0. The number of morpholine rings is 1. The Hall–Kier alpha value is -2.27. The lowest BCUT2D eigenvalue weighted by Crippen LogP contribution is -2.38. The molecular weight excluding hydrogens is 424 g/mol. The van der Waals surface area contributed by atoms with Gasteiger partial charge >= 0.3 is 0 Å². The van der Waals surface area contributed by atoms with Gasteiger partial charge in [-0.3, -0.25) is 18.9 Å². The molecule has 0 atom stereocenters. The van der Waals surface area contributed by atoms with Crippen LogP contribution in [-0.4, -0.2) is 71.1 Å². The lowest BCUT2D eigenvalue weighted by molar-refractivity contribution is -0.122. The van der Waals surface area contributed by atoms with Gasteiger partial charge in [0.1, 0.15) is 15.8 Å². The molecule has 4 rings (SSSR count). The van der Waals surface area contributed by atoms with E-state index in [0.717, 1.165) is 0 Å². The molecule has 0 unspecified atom stereocenters. The summed E-state index contributed by atoms with van der Waals surface area (Å²) < 4.78 is 12.5. The van der Waals surface area contributed by atoms with Crippen LogP contribution < -0.4 is 10.5 Å². The molecule has 158 valence electrons. The number of pyridine rings is 1. The number of methoxy groups -OCH3 is 1. The van der Waals surface area contributed by atoms with Gasteiger partial charge in [0.2, 0.25) is 0 Å². The molecule has 2 aromatic heterocycles. The van der Waals surface area contributed by atoms with Gasteiger partial charge < -0.3 is 14.4 Å². The van der Waals surface area contributed by atoms with Gasteiger partial charge in [-0.25, -0.2) is 4.98 Å². The zero-order valence-corrected chi connectivity index (χ0v) is 18.2. The molecule has 2 fully saturated rings. The molecule has 0 bridgehead atoms. The SMILES string of the molecule is COCCCN1C(=O)C(=Cc2c(N3CCOCC3)nc3ccccn3c2=O)SC1=S. The zero-order valence-electron chi connectivity index (χ0n) is 16.6. The van der Waals surface area contributed by atoms with Crippen molar-refractivity contribution in [3.63, 3.8) is 0 Å². The largest absolute Gasteiger partial charge is 0.385 e. The van der Waals surface area contributed by atoms with E-state index in [-0.39, 0.29) is 11.5 Å². The summed E-state index contributed by atoms with van der Waals surface area (Å²) in [5.41, 5.74) is 0.734. The maximum Gasteiger partial charge on any atom is 0.267 e. The van der Waals surface area contributed by atoms with Crippen molar-refractivity contribution in [3.05, 3.63) is 45.2 Å². The minimum atomic E-state index is -0.216. The van der Waals surface area contributed by atoms with Crippen molar-refractivity contribution >= 4 is 51.7 Å². The maximum absolute atomic E-state index is 13.3. The van der Waals surface area contributed by atoms with E-state index in [2.05, 4.69) is 0 Å². The van der Waals surface area contributed by atoms with Crippen LogP contribution in [0.1, 0.15) is 12.0 Å². The minimum Gasteiger partial charge on any atom is -0.385 e. The van der Waals surface area contributed by atoms with Gasteiger partial charge in [-0.1, -0.05) is 30.0 Å². The highest BCUT2D eigenvalue weighted by Crippen LogP contribution is 2.33. The molecule has 30 heavy (non-hydrogen) atoms. The molecular formula is C20H22N4O4S2. The predicted molar refractivity (Wildman–Crippen MR) is 121 cm³/mol. The fourth-order valence-corrected chi connectivity index (χ4v) is 4.71. The Kier molecular flexibility index (Phi) is 6.47. The van der Waals surface area contributed by atoms with Crippen LogP contribution in [-0.2, 0) is 14.3 Å². The maximum atomic E-state index is 13.3. The second kappa shape index (κ2) is 9.25. The Bertz CT molecular complexity index is 1060. The molecule has 4 heterocycles. The normalized spacial score (nSPS) is 18.8. The van der Waals surface area contributed by atoms with Crippen LogP contribution >= 0.6 is 24.0 Å². The van der Waals surface area contributed by atoms with Crippen LogP contribution in [0.2, 0.25) is 0 Å². The standard InChI is InChI=1S/C20H22N4O4S2/c1-27-10-4-7-24-19(26)15(30-20(24)29)13-14-17(22-8-11-28-12-9-22)21-16-5-2-3-6-23(16)18(14)25/h2-3,5-6,13H,4,7-12H2,1H3. The number of thioether (sulfide) groups is 1. The molecule has 0 radical (unpaired) electrons. The number of rotatable bonds is 6. The first-order chi connectivity index (χ1) is 14.6. The first kappa shape index (κ1) is 21.0. The lowest BCUT2D eigenvalue weighted by atomic mass is 10.2. The second-order valence-electron chi connectivity index (χ2n) is 6.86. The van der Waals surface area contributed by atoms with Crippen molar-refractivity contribution in [2.45, 2.75) is 6.42 Å². The number of carbonyl (C=O) groups excluding carboxylic acids is 1. The number of fused-ring (bicyclic) bond motifs is 1. The van der Waals surface area contributed by atoms with Gasteiger partial charge in [-0.15, -0.1) is 0 Å². The smallest absolute Gasteiger partial charge is 0.267 e. The molecule has 0 aromatic carbocycles. The average Bonchev–Trinajstić information content (AvgIpc) is 3.03. The third-order valence-electron chi connectivity index (χ3n) is 4.94. The van der Waals surface area contributed by atoms with Crippen molar-refractivity contribution < 1.29 is 14.3 Å². The highest BCUT2D eigenvalue weighted by Gasteiger charge is 2.32. The quantitative estimate of drug-likeness (QED) is 0.378. The van der Waals surface area contributed by atoms with Crippen LogP contribution in [0.4, 0.5) is 5.82 Å². The van der Waals surface area contributed by atoms with E-state index in [1.165, 1.54) is 16.2 Å². The molecule has 0 N–H and O–H groups in total. The van der Waals surface area contributed by atoms with E-state index in [9.17, 15) is 9.59 Å². The van der Waals surface area contributed by atoms with Crippen molar-refractivity contribution in [3.8, 4) is 0 Å². The van der Waals surface area contributed by atoms with E-state index in [1.807, 2.05) is 11.0 Å². The molecule has 0 spiro atoms. The summed E-state index contributed by atoms with van der Waals surface area (Å²) in [5, 5.41) is 0. The van der Waals surface area contributed by atoms with E-state index in [1.54, 1.807) is 36.4 Å². The number of aromatic nitrogens is 2. The highest BCUT2D eigenvalue weighted by molar-refractivity contribution is 8.26. The van der Waals surface area contributed by atoms with Crippen molar-refractivity contribution in [2.24, 2.45) is 0 Å². The fraction of sp³-hybridized carbons (Fsp3) is 0.400. The molecule has 0 saturated carbocycles. The molecule has 2 saturated heterocycles. The molecule has 1 amide bonds. The molecule has 2 aliphatic heterocycles. The number of ether oxygens (including phenoxy) is 2. The van der Waals surface area contributed by atoms with E-state index in [0.29, 0.717) is 72.1 Å². The van der Waals surface area contributed by atoms with Gasteiger partial charge in [0.05, 0.1) is 23.7 Å². The van der Waals surface area contributed by atoms with Crippen molar-refractivity contribution in [1.82, 2.24) is 14.3 Å². The summed E-state index contributed by atoms with van der Waals surface area (Å²) in [6.07, 6.45) is 4.01. The molecule has 8 nitrogen and oxygen atoms in total. The number of anilines is 1. The van der Waals surface area contributed by atoms with Crippen LogP contribution in [0.3, 0.4) is 0 Å². The number of carbonyl (C=O) groups is 1.